The lowest BCUT2D eigenvalue weighted by Gasteiger charge is -2.30. The van der Waals surface area contributed by atoms with E-state index in [2.05, 4.69) is 4.98 Å². The maximum Gasteiger partial charge on any atom is 0.305 e. The Hall–Kier alpha value is -2.06. The molecule has 152 valence electrons. The van der Waals surface area contributed by atoms with Crippen molar-refractivity contribution in [2.24, 2.45) is 5.92 Å². The first kappa shape index (κ1) is 19.9. The van der Waals surface area contributed by atoms with Gasteiger partial charge in [0.1, 0.15) is 5.25 Å². The Morgan fingerprint density at radius 3 is 2.47 bits per heavy atom. The molecule has 0 unspecified atom stereocenters. The number of hydrogen-bond acceptors (Lipinski definition) is 5. The first-order valence-electron chi connectivity index (χ1n) is 9.15. The van der Waals surface area contributed by atoms with Gasteiger partial charge in [0, 0.05) is 10.8 Å². The number of aryl methyl sites for hydroxylation is 1. The lowest BCUT2D eigenvalue weighted by molar-refractivity contribution is -0.122. The van der Waals surface area contributed by atoms with Gasteiger partial charge in [-0.15, -0.1) is 0 Å². The van der Waals surface area contributed by atoms with Crippen molar-refractivity contribution in [3.8, 4) is 0 Å². The number of fused-ring (bicyclic) bond motifs is 2. The van der Waals surface area contributed by atoms with E-state index >= 15 is 0 Å². The first-order valence-corrected chi connectivity index (χ1v) is 11.6. The monoisotopic (exact) mass is 476 g/mol. The summed E-state index contributed by atoms with van der Waals surface area (Å²) < 4.78 is 0. The summed E-state index contributed by atoms with van der Waals surface area (Å²) in [6, 6.07) is 12.5. The fourth-order valence-electron chi connectivity index (χ4n) is 4.06. The fourth-order valence-corrected chi connectivity index (χ4v) is 6.99. The van der Waals surface area contributed by atoms with E-state index in [0.29, 0.717) is 31.2 Å². The molecule has 2 aromatic carbocycles. The number of aromatic amines is 1. The quantitative estimate of drug-likeness (QED) is 0.536. The highest BCUT2D eigenvalue weighted by molar-refractivity contribution is 8.00. The number of carbonyl (C=O) groups excluding carboxylic acids is 2. The molecule has 5 rings (SSSR count). The van der Waals surface area contributed by atoms with E-state index in [4.69, 9.17) is 23.2 Å². The number of hydrogen-bond donors (Lipinski definition) is 1. The second-order valence-corrected chi connectivity index (χ2v) is 10.2. The van der Waals surface area contributed by atoms with Gasteiger partial charge in [-0.05, 0) is 30.7 Å². The van der Waals surface area contributed by atoms with Gasteiger partial charge in [-0.1, -0.05) is 76.1 Å². The summed E-state index contributed by atoms with van der Waals surface area (Å²) in [5.74, 6) is -1.80. The first-order chi connectivity index (χ1) is 14.4. The Balaban J connectivity index is 1.68. The number of aromatic nitrogens is 1. The topological polar surface area (TPSA) is 70.2 Å². The Bertz CT molecular complexity index is 1250. The highest BCUT2D eigenvalue weighted by atomic mass is 35.5. The number of imide groups is 1. The van der Waals surface area contributed by atoms with Gasteiger partial charge >= 0.3 is 4.87 Å². The molecule has 0 spiro atoms. The van der Waals surface area contributed by atoms with Crippen LogP contribution in [-0.4, -0.2) is 22.0 Å². The summed E-state index contributed by atoms with van der Waals surface area (Å²) in [5, 5.41) is 0.645. The van der Waals surface area contributed by atoms with Crippen molar-refractivity contribution < 1.29 is 9.59 Å². The third-order valence-corrected chi connectivity index (χ3v) is 8.67. The Labute approximate surface area is 190 Å². The van der Waals surface area contributed by atoms with Crippen molar-refractivity contribution >= 4 is 63.8 Å². The molecule has 30 heavy (non-hydrogen) atoms. The summed E-state index contributed by atoms with van der Waals surface area (Å²) in [6.07, 6.45) is 0. The van der Waals surface area contributed by atoms with Gasteiger partial charge in [-0.2, -0.15) is 0 Å². The summed E-state index contributed by atoms with van der Waals surface area (Å²) in [6.45, 7) is 1.94. The lowest BCUT2D eigenvalue weighted by atomic mass is 9.83. The van der Waals surface area contributed by atoms with E-state index in [1.54, 1.807) is 30.3 Å². The zero-order valence-corrected chi connectivity index (χ0v) is 18.7. The summed E-state index contributed by atoms with van der Waals surface area (Å²) in [7, 11) is 0. The average Bonchev–Trinajstić information content (AvgIpc) is 3.20. The molecule has 5 nitrogen and oxygen atoms in total. The molecular weight excluding hydrogens is 463 g/mol. The van der Waals surface area contributed by atoms with Crippen molar-refractivity contribution in [1.29, 1.82) is 0 Å². The van der Waals surface area contributed by atoms with Crippen LogP contribution in [0.1, 0.15) is 21.9 Å². The van der Waals surface area contributed by atoms with Gasteiger partial charge in [0.25, 0.3) is 0 Å². The smallest absolute Gasteiger partial charge is 0.305 e. The van der Waals surface area contributed by atoms with Crippen LogP contribution < -0.4 is 9.77 Å². The molecule has 2 aliphatic rings. The standard InChI is InChI=1S/C21H14Cl2N2O3S2/c1-9-5-7-10(8-6-9)25-19(26)14-13(11-3-2-4-12(22)15(11)23)16-18(24-21(28)30-16)29-17(14)20(25)27/h2-8,13-14,17H,1H3,(H,24,28)/t13-,14-,17+/m0/s1. The van der Waals surface area contributed by atoms with Crippen LogP contribution in [0.3, 0.4) is 0 Å². The number of thiazole rings is 1. The average molecular weight is 477 g/mol. The molecule has 0 bridgehead atoms. The van der Waals surface area contributed by atoms with Crippen molar-refractivity contribution in [2.45, 2.75) is 23.1 Å². The number of anilines is 1. The number of nitrogens with one attached hydrogen (secondary N) is 1. The molecule has 1 N–H and O–H groups in total. The zero-order chi connectivity index (χ0) is 21.2. The van der Waals surface area contributed by atoms with Crippen LogP contribution in [0.2, 0.25) is 10.0 Å². The van der Waals surface area contributed by atoms with Gasteiger partial charge in [0.15, 0.2) is 0 Å². The maximum atomic E-state index is 13.6. The molecule has 0 radical (unpaired) electrons. The minimum atomic E-state index is -0.682. The van der Waals surface area contributed by atoms with Crippen LogP contribution in [0.25, 0.3) is 0 Å². The molecule has 1 saturated heterocycles. The number of benzene rings is 2. The Morgan fingerprint density at radius 1 is 1.00 bits per heavy atom. The third kappa shape index (κ3) is 2.95. The number of carbonyl (C=O) groups is 2. The predicted molar refractivity (Wildman–Crippen MR) is 120 cm³/mol. The molecule has 2 aliphatic heterocycles. The molecule has 0 aliphatic carbocycles. The molecule has 1 fully saturated rings. The summed E-state index contributed by atoms with van der Waals surface area (Å²) >= 11 is 15.0. The maximum absolute atomic E-state index is 13.6. The van der Waals surface area contributed by atoms with Gasteiger partial charge in [0.2, 0.25) is 11.8 Å². The second kappa shape index (κ2) is 7.27. The number of H-pyrrole nitrogens is 1. The van der Waals surface area contributed by atoms with Crippen LogP contribution in [0.4, 0.5) is 5.69 Å². The van der Waals surface area contributed by atoms with Crippen molar-refractivity contribution in [1.82, 2.24) is 4.98 Å². The highest BCUT2D eigenvalue weighted by Crippen LogP contribution is 2.54. The van der Waals surface area contributed by atoms with E-state index < -0.39 is 17.1 Å². The zero-order valence-electron chi connectivity index (χ0n) is 15.5. The minimum absolute atomic E-state index is 0.231. The van der Waals surface area contributed by atoms with E-state index in [1.807, 2.05) is 19.1 Å². The van der Waals surface area contributed by atoms with E-state index in [0.717, 1.165) is 16.9 Å². The van der Waals surface area contributed by atoms with Crippen LogP contribution in [0, 0.1) is 12.8 Å². The number of thioether (sulfide) groups is 1. The van der Waals surface area contributed by atoms with Crippen LogP contribution >= 0.6 is 46.3 Å². The van der Waals surface area contributed by atoms with Crippen LogP contribution in [-0.2, 0) is 9.59 Å². The SMILES string of the molecule is Cc1ccc(N2C(=O)[C@H]3[C@H](c4cccc(Cl)c4Cl)c4sc(=O)[nH]c4S[C@H]3C2=O)cc1. The van der Waals surface area contributed by atoms with E-state index in [-0.39, 0.29) is 16.7 Å². The molecule has 1 aromatic heterocycles. The number of halogens is 2. The molecule has 9 heteroatoms. The Kier molecular flexibility index (Phi) is 4.82. The molecule has 3 heterocycles. The summed E-state index contributed by atoms with van der Waals surface area (Å²) in [4.78, 5) is 43.5. The normalized spacial score (nSPS) is 22.9. The van der Waals surface area contributed by atoms with Crippen LogP contribution in [0.5, 0.6) is 0 Å². The fraction of sp³-hybridized carbons (Fsp3) is 0.190. The molecule has 3 atom stereocenters. The summed E-state index contributed by atoms with van der Waals surface area (Å²) in [5.41, 5.74) is 2.22. The van der Waals surface area contributed by atoms with Crippen molar-refractivity contribution in [3.63, 3.8) is 0 Å². The van der Waals surface area contributed by atoms with Crippen molar-refractivity contribution in [3.05, 3.63) is 78.2 Å². The highest BCUT2D eigenvalue weighted by Gasteiger charge is 2.56. The largest absolute Gasteiger partial charge is 0.307 e. The number of nitrogens with zero attached hydrogens (tertiary/aromatic N) is 1. The molecule has 0 saturated carbocycles. The van der Waals surface area contributed by atoms with E-state index in [9.17, 15) is 14.4 Å². The van der Waals surface area contributed by atoms with E-state index in [1.165, 1.54) is 16.7 Å². The van der Waals surface area contributed by atoms with Gasteiger partial charge in [0.05, 0.1) is 26.7 Å². The van der Waals surface area contributed by atoms with Gasteiger partial charge in [-0.25, -0.2) is 4.90 Å². The Morgan fingerprint density at radius 2 is 1.73 bits per heavy atom. The lowest BCUT2D eigenvalue weighted by Crippen LogP contribution is -2.32. The van der Waals surface area contributed by atoms with Crippen molar-refractivity contribution in [2.75, 3.05) is 4.90 Å². The number of amides is 2. The second-order valence-electron chi connectivity index (χ2n) is 7.24. The molecule has 2 amide bonds. The van der Waals surface area contributed by atoms with Gasteiger partial charge in [-0.3, -0.25) is 14.4 Å². The predicted octanol–water partition coefficient (Wildman–Crippen LogP) is 4.85. The molecular formula is C21H14Cl2N2O3S2. The van der Waals surface area contributed by atoms with Crippen LogP contribution in [0.15, 0.2) is 52.3 Å². The minimum Gasteiger partial charge on any atom is -0.307 e. The van der Waals surface area contributed by atoms with Gasteiger partial charge < -0.3 is 4.98 Å². The number of rotatable bonds is 2. The molecule has 3 aromatic rings. The third-order valence-electron chi connectivity index (χ3n) is 5.43.